The zero-order valence-corrected chi connectivity index (χ0v) is 17.0. The molecule has 0 atom stereocenters. The Hall–Kier alpha value is -3.24. The highest BCUT2D eigenvalue weighted by Crippen LogP contribution is 2.27. The number of nitrogens with one attached hydrogen (secondary N) is 1. The molecule has 0 radical (unpaired) electrons. The van der Waals surface area contributed by atoms with Crippen LogP contribution >= 0.6 is 0 Å². The monoisotopic (exact) mass is 389 g/mol. The van der Waals surface area contributed by atoms with Crippen molar-refractivity contribution in [1.82, 2.24) is 19.9 Å². The molecular weight excluding hydrogens is 362 g/mol. The van der Waals surface area contributed by atoms with E-state index in [1.165, 1.54) is 0 Å². The molecule has 0 aliphatic heterocycles. The van der Waals surface area contributed by atoms with Gasteiger partial charge in [0.1, 0.15) is 5.82 Å². The Labute approximate surface area is 171 Å². The van der Waals surface area contributed by atoms with Crippen molar-refractivity contribution in [3.63, 3.8) is 0 Å². The number of hydrogen-bond acceptors (Lipinski definition) is 7. The van der Waals surface area contributed by atoms with Gasteiger partial charge in [0.05, 0.1) is 18.1 Å². The van der Waals surface area contributed by atoms with Gasteiger partial charge in [-0.3, -0.25) is 4.90 Å². The molecule has 1 aromatic carbocycles. The summed E-state index contributed by atoms with van der Waals surface area (Å²) in [6.07, 6.45) is 5.68. The number of aromatic nitrogens is 3. The van der Waals surface area contributed by atoms with E-state index >= 15 is 0 Å². The summed E-state index contributed by atoms with van der Waals surface area (Å²) >= 11 is 0. The fourth-order valence-corrected chi connectivity index (χ4v) is 3.25. The molecule has 0 amide bonds. The number of nitriles is 1. The standard InChI is InChI=1S/C22H27N7/c1-3-29(11-8-23)10-5-4-9-25-22-27-15-18-12-17(6-7-20(18)28-22)19-13-21(24)26-14-16(19)2/h6-7,12-15H,3-5,9-11H2,1-2H3,(H2,24,26)(H,25,27,28). The molecule has 3 N–H and O–H groups in total. The molecule has 0 fully saturated rings. The maximum Gasteiger partial charge on any atom is 0.223 e. The minimum Gasteiger partial charge on any atom is -0.384 e. The van der Waals surface area contributed by atoms with E-state index in [1.54, 1.807) is 6.20 Å². The molecule has 3 aromatic rings. The number of anilines is 2. The smallest absolute Gasteiger partial charge is 0.223 e. The maximum atomic E-state index is 8.78. The maximum absolute atomic E-state index is 8.78. The molecule has 0 aliphatic carbocycles. The van der Waals surface area contributed by atoms with Crippen LogP contribution in [0.4, 0.5) is 11.8 Å². The van der Waals surface area contributed by atoms with Gasteiger partial charge in [-0.25, -0.2) is 15.0 Å². The minimum absolute atomic E-state index is 0.491. The second kappa shape index (κ2) is 9.80. The molecule has 0 saturated heterocycles. The van der Waals surface area contributed by atoms with Gasteiger partial charge in [-0.1, -0.05) is 13.0 Å². The van der Waals surface area contributed by atoms with E-state index in [2.05, 4.69) is 50.3 Å². The number of nitrogen functional groups attached to an aromatic ring is 1. The van der Waals surface area contributed by atoms with Crippen LogP contribution in [0.15, 0.2) is 36.7 Å². The summed E-state index contributed by atoms with van der Waals surface area (Å²) in [5.74, 6) is 1.15. The molecule has 0 saturated carbocycles. The summed E-state index contributed by atoms with van der Waals surface area (Å²) in [7, 11) is 0. The van der Waals surface area contributed by atoms with Crippen LogP contribution in [0.3, 0.4) is 0 Å². The van der Waals surface area contributed by atoms with E-state index in [9.17, 15) is 0 Å². The molecule has 0 aliphatic rings. The van der Waals surface area contributed by atoms with E-state index in [-0.39, 0.29) is 0 Å². The SMILES string of the molecule is CCN(CC#N)CCCCNc1ncc2cc(-c3cc(N)ncc3C)ccc2n1. The van der Waals surface area contributed by atoms with Gasteiger partial charge in [-0.05, 0) is 67.7 Å². The first-order chi connectivity index (χ1) is 14.1. The minimum atomic E-state index is 0.491. The van der Waals surface area contributed by atoms with Crippen molar-refractivity contribution in [2.24, 2.45) is 0 Å². The summed E-state index contributed by atoms with van der Waals surface area (Å²) in [5.41, 5.74) is 9.97. The van der Waals surface area contributed by atoms with E-state index in [4.69, 9.17) is 11.0 Å². The molecular formula is C22H27N7. The van der Waals surface area contributed by atoms with Crippen molar-refractivity contribution in [3.8, 4) is 17.2 Å². The van der Waals surface area contributed by atoms with Crippen LogP contribution in [0, 0.1) is 18.3 Å². The number of rotatable bonds is 9. The lowest BCUT2D eigenvalue weighted by molar-refractivity contribution is 0.316. The number of hydrogen-bond donors (Lipinski definition) is 2. The predicted octanol–water partition coefficient (Wildman–Crippen LogP) is 3.62. The molecule has 0 unspecified atom stereocenters. The summed E-state index contributed by atoms with van der Waals surface area (Å²) in [4.78, 5) is 15.3. The normalized spacial score (nSPS) is 11.0. The number of nitrogens with zero attached hydrogens (tertiary/aromatic N) is 5. The highest BCUT2D eigenvalue weighted by molar-refractivity contribution is 5.85. The molecule has 29 heavy (non-hydrogen) atoms. The second-order valence-corrected chi connectivity index (χ2v) is 7.05. The highest BCUT2D eigenvalue weighted by Gasteiger charge is 2.07. The van der Waals surface area contributed by atoms with Crippen molar-refractivity contribution in [2.45, 2.75) is 26.7 Å². The third kappa shape index (κ3) is 5.39. The average Bonchev–Trinajstić information content (AvgIpc) is 2.74. The van der Waals surface area contributed by atoms with Crippen LogP contribution in [0.25, 0.3) is 22.0 Å². The fraction of sp³-hybridized carbons (Fsp3) is 0.364. The van der Waals surface area contributed by atoms with Crippen molar-refractivity contribution >= 4 is 22.7 Å². The first-order valence-electron chi connectivity index (χ1n) is 9.93. The molecule has 7 nitrogen and oxygen atoms in total. The number of pyridine rings is 1. The van der Waals surface area contributed by atoms with Crippen LogP contribution in [-0.2, 0) is 0 Å². The van der Waals surface area contributed by atoms with Crippen LogP contribution in [-0.4, -0.2) is 46.0 Å². The lowest BCUT2D eigenvalue weighted by Gasteiger charge is -2.16. The Morgan fingerprint density at radius 3 is 2.83 bits per heavy atom. The Bertz CT molecular complexity index is 1010. The third-order valence-corrected chi connectivity index (χ3v) is 4.94. The zero-order chi connectivity index (χ0) is 20.6. The lowest BCUT2D eigenvalue weighted by Crippen LogP contribution is -2.25. The lowest BCUT2D eigenvalue weighted by atomic mass is 10.0. The first kappa shape index (κ1) is 20.5. The Kier molecular flexibility index (Phi) is 6.93. The van der Waals surface area contributed by atoms with Gasteiger partial charge >= 0.3 is 0 Å². The molecule has 0 spiro atoms. The van der Waals surface area contributed by atoms with Gasteiger partial charge in [0.15, 0.2) is 0 Å². The Morgan fingerprint density at radius 1 is 1.17 bits per heavy atom. The molecule has 0 bridgehead atoms. The Morgan fingerprint density at radius 2 is 2.03 bits per heavy atom. The van der Waals surface area contributed by atoms with Gasteiger partial charge in [0, 0.05) is 24.3 Å². The summed E-state index contributed by atoms with van der Waals surface area (Å²) < 4.78 is 0. The zero-order valence-electron chi connectivity index (χ0n) is 17.0. The van der Waals surface area contributed by atoms with E-state index in [0.29, 0.717) is 18.3 Å². The van der Waals surface area contributed by atoms with Gasteiger partial charge in [0.25, 0.3) is 0 Å². The molecule has 7 heteroatoms. The topological polar surface area (TPSA) is 104 Å². The third-order valence-electron chi connectivity index (χ3n) is 4.94. The predicted molar refractivity (Wildman–Crippen MR) is 117 cm³/mol. The van der Waals surface area contributed by atoms with Gasteiger partial charge < -0.3 is 11.1 Å². The van der Waals surface area contributed by atoms with Crippen molar-refractivity contribution in [1.29, 1.82) is 5.26 Å². The summed E-state index contributed by atoms with van der Waals surface area (Å²) in [5, 5.41) is 13.1. The van der Waals surface area contributed by atoms with Crippen molar-refractivity contribution in [2.75, 3.05) is 37.2 Å². The van der Waals surface area contributed by atoms with Crippen LogP contribution < -0.4 is 11.1 Å². The van der Waals surface area contributed by atoms with Gasteiger partial charge in [-0.15, -0.1) is 0 Å². The number of aryl methyl sites for hydroxylation is 1. The molecule has 3 rings (SSSR count). The van der Waals surface area contributed by atoms with E-state index in [0.717, 1.165) is 60.1 Å². The number of fused-ring (bicyclic) bond motifs is 1. The summed E-state index contributed by atoms with van der Waals surface area (Å²) in [6.45, 7) is 7.24. The van der Waals surface area contributed by atoms with Crippen molar-refractivity contribution in [3.05, 3.63) is 42.2 Å². The Balaban J connectivity index is 1.61. The van der Waals surface area contributed by atoms with Gasteiger partial charge in [0.2, 0.25) is 5.95 Å². The average molecular weight is 390 g/mol. The number of benzene rings is 1. The molecule has 2 aromatic heterocycles. The van der Waals surface area contributed by atoms with Crippen molar-refractivity contribution < 1.29 is 0 Å². The first-order valence-corrected chi connectivity index (χ1v) is 9.93. The number of unbranched alkanes of at least 4 members (excludes halogenated alkanes) is 1. The fourth-order valence-electron chi connectivity index (χ4n) is 3.25. The molecule has 2 heterocycles. The second-order valence-electron chi connectivity index (χ2n) is 7.05. The molecule has 150 valence electrons. The van der Waals surface area contributed by atoms with E-state index < -0.39 is 0 Å². The quantitative estimate of drug-likeness (QED) is 0.425. The highest BCUT2D eigenvalue weighted by atomic mass is 15.1. The largest absolute Gasteiger partial charge is 0.384 e. The summed E-state index contributed by atoms with van der Waals surface area (Å²) in [6, 6.07) is 10.2. The van der Waals surface area contributed by atoms with Crippen LogP contribution in [0.1, 0.15) is 25.3 Å². The van der Waals surface area contributed by atoms with Crippen LogP contribution in [0.5, 0.6) is 0 Å². The van der Waals surface area contributed by atoms with Gasteiger partial charge in [-0.2, -0.15) is 5.26 Å². The number of nitrogens with two attached hydrogens (primary N) is 1. The van der Waals surface area contributed by atoms with Crippen LogP contribution in [0.2, 0.25) is 0 Å². The van der Waals surface area contributed by atoms with E-state index in [1.807, 2.05) is 25.3 Å².